The molecule has 0 spiro atoms. The fraction of sp³-hybridized carbons (Fsp3) is 0.438. The number of thiophene rings is 1. The van der Waals surface area contributed by atoms with E-state index in [9.17, 15) is 9.59 Å². The molecule has 2 rings (SSSR count). The molecule has 0 fully saturated rings. The van der Waals surface area contributed by atoms with Gasteiger partial charge in [0.25, 0.3) is 5.91 Å². The highest BCUT2D eigenvalue weighted by atomic mass is 32.1. The van der Waals surface area contributed by atoms with Crippen molar-refractivity contribution in [3.8, 4) is 0 Å². The summed E-state index contributed by atoms with van der Waals surface area (Å²) in [5.74, 6) is -0.412. The summed E-state index contributed by atoms with van der Waals surface area (Å²) in [5, 5.41) is 0. The minimum Gasteiger partial charge on any atom is -0.365 e. The van der Waals surface area contributed by atoms with Crippen LogP contribution >= 0.6 is 11.3 Å². The lowest BCUT2D eigenvalue weighted by atomic mass is 10.1. The fourth-order valence-corrected chi connectivity index (χ4v) is 3.31. The normalized spacial score (nSPS) is 13.3. The van der Waals surface area contributed by atoms with Crippen LogP contribution in [0, 0.1) is 0 Å². The van der Waals surface area contributed by atoms with Crippen LogP contribution in [0.15, 0.2) is 16.6 Å². The Kier molecular flexibility index (Phi) is 5.49. The number of rotatable bonds is 6. The molecule has 1 aromatic rings. The number of nitrogens with two attached hydrogens (primary N) is 1. The van der Waals surface area contributed by atoms with Gasteiger partial charge in [0.1, 0.15) is 0 Å². The maximum absolute atomic E-state index is 12.7. The molecule has 22 heavy (non-hydrogen) atoms. The van der Waals surface area contributed by atoms with Crippen LogP contribution in [0.4, 0.5) is 5.69 Å². The Morgan fingerprint density at radius 1 is 1.32 bits per heavy atom. The molecule has 2 amide bonds. The summed E-state index contributed by atoms with van der Waals surface area (Å²) in [6, 6.07) is 1.68. The van der Waals surface area contributed by atoms with Crippen LogP contribution in [0.2, 0.25) is 0 Å². The van der Waals surface area contributed by atoms with Crippen LogP contribution in [-0.2, 0) is 4.79 Å². The average Bonchev–Trinajstić information content (AvgIpc) is 2.79. The van der Waals surface area contributed by atoms with Crippen molar-refractivity contribution >= 4 is 41.1 Å². The van der Waals surface area contributed by atoms with Gasteiger partial charge in [-0.05, 0) is 25.0 Å². The first-order valence-corrected chi connectivity index (χ1v) is 8.34. The molecule has 0 radical (unpaired) electrons. The van der Waals surface area contributed by atoms with Crippen LogP contribution in [0.25, 0.3) is 6.08 Å². The van der Waals surface area contributed by atoms with E-state index in [-0.39, 0.29) is 5.91 Å². The van der Waals surface area contributed by atoms with E-state index in [1.165, 1.54) is 11.3 Å². The molecule has 118 valence electrons. The van der Waals surface area contributed by atoms with Crippen molar-refractivity contribution < 1.29 is 9.59 Å². The third-order valence-corrected chi connectivity index (χ3v) is 4.46. The smallest absolute Gasteiger partial charge is 0.258 e. The van der Waals surface area contributed by atoms with Crippen molar-refractivity contribution in [3.63, 3.8) is 0 Å². The topological polar surface area (TPSA) is 75.8 Å². The molecule has 1 aliphatic heterocycles. The van der Waals surface area contributed by atoms with Gasteiger partial charge in [-0.3, -0.25) is 14.6 Å². The lowest BCUT2D eigenvalue weighted by Gasteiger charge is -2.22. The lowest BCUT2D eigenvalue weighted by molar-refractivity contribution is -0.127. The van der Waals surface area contributed by atoms with E-state index in [0.29, 0.717) is 22.6 Å². The lowest BCUT2D eigenvalue weighted by Crippen LogP contribution is -2.33. The van der Waals surface area contributed by atoms with Gasteiger partial charge >= 0.3 is 0 Å². The number of carbonyl (C=O) groups is 2. The molecule has 1 aliphatic rings. The zero-order valence-corrected chi connectivity index (χ0v) is 13.8. The first kappa shape index (κ1) is 16.4. The summed E-state index contributed by atoms with van der Waals surface area (Å²) in [6.07, 6.45) is 5.95. The molecule has 0 saturated heterocycles. The van der Waals surface area contributed by atoms with E-state index in [1.807, 2.05) is 11.0 Å². The Morgan fingerprint density at radius 3 is 2.59 bits per heavy atom. The Bertz CT molecular complexity index is 625. The van der Waals surface area contributed by atoms with E-state index in [4.69, 9.17) is 5.73 Å². The number of aliphatic imine (C=N–C) groups is 1. The molecule has 0 bridgehead atoms. The second-order valence-corrected chi connectivity index (χ2v) is 6.29. The molecule has 2 N–H and O–H groups in total. The molecule has 2 heterocycles. The highest BCUT2D eigenvalue weighted by Crippen LogP contribution is 2.33. The largest absolute Gasteiger partial charge is 0.365 e. The monoisotopic (exact) mass is 319 g/mol. The number of fused-ring (bicyclic) bond motifs is 1. The van der Waals surface area contributed by atoms with Crippen molar-refractivity contribution in [2.45, 2.75) is 33.1 Å². The van der Waals surface area contributed by atoms with Gasteiger partial charge in [-0.1, -0.05) is 13.8 Å². The first-order valence-electron chi connectivity index (χ1n) is 7.52. The van der Waals surface area contributed by atoms with Crippen molar-refractivity contribution in [2.75, 3.05) is 13.1 Å². The molecule has 1 aromatic heterocycles. The van der Waals surface area contributed by atoms with Gasteiger partial charge in [0.2, 0.25) is 5.91 Å². The summed E-state index contributed by atoms with van der Waals surface area (Å²) in [5.41, 5.74) is 6.73. The Hall–Kier alpha value is -1.95. The van der Waals surface area contributed by atoms with Crippen LogP contribution in [-0.4, -0.2) is 36.0 Å². The van der Waals surface area contributed by atoms with Crippen LogP contribution in [0.3, 0.4) is 0 Å². The van der Waals surface area contributed by atoms with Crippen LogP contribution < -0.4 is 5.73 Å². The van der Waals surface area contributed by atoms with Gasteiger partial charge in [-0.25, -0.2) is 0 Å². The Balaban J connectivity index is 2.30. The predicted molar refractivity (Wildman–Crippen MR) is 90.7 cm³/mol. The van der Waals surface area contributed by atoms with E-state index < -0.39 is 5.91 Å². The van der Waals surface area contributed by atoms with Gasteiger partial charge in [0.05, 0.1) is 15.4 Å². The summed E-state index contributed by atoms with van der Waals surface area (Å²) >= 11 is 1.28. The zero-order chi connectivity index (χ0) is 16.1. The summed E-state index contributed by atoms with van der Waals surface area (Å²) in [4.78, 5) is 31.5. The third-order valence-electron chi connectivity index (χ3n) is 3.38. The molecule has 0 unspecified atom stereocenters. The highest BCUT2D eigenvalue weighted by molar-refractivity contribution is 7.15. The van der Waals surface area contributed by atoms with Crippen molar-refractivity contribution in [2.24, 2.45) is 10.7 Å². The van der Waals surface area contributed by atoms with Crippen LogP contribution in [0.1, 0.15) is 47.7 Å². The van der Waals surface area contributed by atoms with Crippen molar-refractivity contribution in [3.05, 3.63) is 21.4 Å². The molecule has 0 saturated carbocycles. The third kappa shape index (κ3) is 3.62. The van der Waals surface area contributed by atoms with E-state index in [1.54, 1.807) is 12.3 Å². The number of hydrogen-bond acceptors (Lipinski definition) is 4. The van der Waals surface area contributed by atoms with Gasteiger partial charge in [0.15, 0.2) is 0 Å². The quantitative estimate of drug-likeness (QED) is 0.875. The standard InChI is InChI=1S/C16H21N3O2S/c1-3-7-19(8-4-2)16(21)11-5-6-18-12-10-14(15(17)20)22-13(12)9-11/h6,9-10H,3-5,7-8H2,1-2H3,(H2,17,20). The molecular formula is C16H21N3O2S. The minimum absolute atomic E-state index is 0.0528. The number of carbonyl (C=O) groups excluding carboxylic acids is 2. The van der Waals surface area contributed by atoms with Crippen molar-refractivity contribution in [1.82, 2.24) is 4.90 Å². The molecular weight excluding hydrogens is 298 g/mol. The van der Waals surface area contributed by atoms with Gasteiger partial charge < -0.3 is 10.6 Å². The molecule has 0 aromatic carbocycles. The Morgan fingerprint density at radius 2 is 2.00 bits per heavy atom. The Labute approximate surface area is 134 Å². The maximum Gasteiger partial charge on any atom is 0.258 e. The number of nitrogens with zero attached hydrogens (tertiary/aromatic N) is 2. The summed E-state index contributed by atoms with van der Waals surface area (Å²) in [7, 11) is 0. The minimum atomic E-state index is -0.465. The van der Waals surface area contributed by atoms with Gasteiger partial charge in [-0.15, -0.1) is 11.3 Å². The second kappa shape index (κ2) is 7.35. The summed E-state index contributed by atoms with van der Waals surface area (Å²) < 4.78 is 0. The van der Waals surface area contributed by atoms with Crippen molar-refractivity contribution in [1.29, 1.82) is 0 Å². The van der Waals surface area contributed by atoms with Gasteiger partial charge in [-0.2, -0.15) is 0 Å². The SMILES string of the molecule is CCCN(CCC)C(=O)C1=Cc2sc(C(N)=O)cc2N=CC1. The summed E-state index contributed by atoms with van der Waals surface area (Å²) in [6.45, 7) is 5.64. The number of primary amides is 1. The zero-order valence-electron chi connectivity index (χ0n) is 13.0. The average molecular weight is 319 g/mol. The molecule has 5 nitrogen and oxygen atoms in total. The van der Waals surface area contributed by atoms with Crippen LogP contribution in [0.5, 0.6) is 0 Å². The highest BCUT2D eigenvalue weighted by Gasteiger charge is 2.20. The fourth-order valence-electron chi connectivity index (χ4n) is 2.39. The molecule has 0 atom stereocenters. The van der Waals surface area contributed by atoms with E-state index >= 15 is 0 Å². The second-order valence-electron chi connectivity index (χ2n) is 5.20. The molecule has 6 heteroatoms. The van der Waals surface area contributed by atoms with Gasteiger partial charge in [0, 0.05) is 31.3 Å². The molecule has 0 aliphatic carbocycles. The predicted octanol–water partition coefficient (Wildman–Crippen LogP) is 2.99. The van der Waals surface area contributed by atoms with E-state index in [2.05, 4.69) is 18.8 Å². The maximum atomic E-state index is 12.7. The number of hydrogen-bond donors (Lipinski definition) is 1. The number of amides is 2. The first-order chi connectivity index (χ1) is 10.6. The van der Waals surface area contributed by atoms with E-state index in [0.717, 1.165) is 30.8 Å².